The van der Waals surface area contributed by atoms with E-state index >= 15 is 0 Å². The molecule has 0 spiro atoms. The van der Waals surface area contributed by atoms with Crippen LogP contribution in [0.15, 0.2) is 42.6 Å². The Morgan fingerprint density at radius 3 is 2.76 bits per heavy atom. The van der Waals surface area contributed by atoms with Crippen molar-refractivity contribution in [3.63, 3.8) is 0 Å². The smallest absolute Gasteiger partial charge is 0.230 e. The maximum atomic E-state index is 11.4. The summed E-state index contributed by atoms with van der Waals surface area (Å²) in [4.78, 5) is 15.5. The van der Waals surface area contributed by atoms with Crippen molar-refractivity contribution in [1.29, 1.82) is 0 Å². The van der Waals surface area contributed by atoms with Gasteiger partial charge in [0.25, 0.3) is 0 Å². The first-order valence-corrected chi connectivity index (χ1v) is 5.37. The molecule has 0 saturated heterocycles. The molecule has 0 aliphatic heterocycles. The standard InChI is InChI=1S/C14H13NO2/c1-10-5-3-6-12(9-10)17-14-13(11(2)16)7-4-8-15-14/h3-9H,1-2H3. The van der Waals surface area contributed by atoms with Gasteiger partial charge in [-0.1, -0.05) is 12.1 Å². The van der Waals surface area contributed by atoms with Gasteiger partial charge in [0.1, 0.15) is 5.75 Å². The quantitative estimate of drug-likeness (QED) is 0.754. The molecule has 0 aliphatic rings. The molecule has 0 N–H and O–H groups in total. The van der Waals surface area contributed by atoms with Gasteiger partial charge in [-0.25, -0.2) is 4.98 Å². The molecule has 2 aromatic rings. The van der Waals surface area contributed by atoms with Crippen LogP contribution >= 0.6 is 0 Å². The molecular weight excluding hydrogens is 214 g/mol. The first-order chi connectivity index (χ1) is 8.16. The largest absolute Gasteiger partial charge is 0.438 e. The minimum atomic E-state index is -0.0549. The van der Waals surface area contributed by atoms with Crippen molar-refractivity contribution in [1.82, 2.24) is 4.98 Å². The number of ketones is 1. The molecule has 0 fully saturated rings. The third-order valence-electron chi connectivity index (χ3n) is 2.35. The molecule has 1 aromatic carbocycles. The van der Waals surface area contributed by atoms with E-state index in [0.717, 1.165) is 5.56 Å². The Bertz CT molecular complexity index is 549. The number of carbonyl (C=O) groups excluding carboxylic acids is 1. The van der Waals surface area contributed by atoms with Gasteiger partial charge in [0.05, 0.1) is 5.56 Å². The van der Waals surface area contributed by atoms with Gasteiger partial charge < -0.3 is 4.74 Å². The van der Waals surface area contributed by atoms with Gasteiger partial charge in [-0.05, 0) is 43.7 Å². The Morgan fingerprint density at radius 1 is 1.24 bits per heavy atom. The number of pyridine rings is 1. The predicted octanol–water partition coefficient (Wildman–Crippen LogP) is 3.38. The minimum Gasteiger partial charge on any atom is -0.438 e. The van der Waals surface area contributed by atoms with Crippen LogP contribution in [0.5, 0.6) is 11.6 Å². The zero-order valence-electron chi connectivity index (χ0n) is 9.81. The zero-order chi connectivity index (χ0) is 12.3. The number of aromatic nitrogens is 1. The molecule has 2 rings (SSSR count). The van der Waals surface area contributed by atoms with E-state index in [4.69, 9.17) is 4.74 Å². The molecule has 17 heavy (non-hydrogen) atoms. The second kappa shape index (κ2) is 4.78. The summed E-state index contributed by atoms with van der Waals surface area (Å²) >= 11 is 0. The number of benzene rings is 1. The molecule has 1 heterocycles. The molecule has 3 heteroatoms. The van der Waals surface area contributed by atoms with Gasteiger partial charge in [-0.3, -0.25) is 4.79 Å². The molecule has 0 unspecified atom stereocenters. The third-order valence-corrected chi connectivity index (χ3v) is 2.35. The second-order valence-electron chi connectivity index (χ2n) is 3.83. The molecule has 0 atom stereocenters. The number of ether oxygens (including phenoxy) is 1. The maximum absolute atomic E-state index is 11.4. The normalized spacial score (nSPS) is 10.0. The Morgan fingerprint density at radius 2 is 2.06 bits per heavy atom. The highest BCUT2D eigenvalue weighted by Gasteiger charge is 2.09. The summed E-state index contributed by atoms with van der Waals surface area (Å²) in [6.07, 6.45) is 1.61. The van der Waals surface area contributed by atoms with Crippen LogP contribution in [0.2, 0.25) is 0 Å². The lowest BCUT2D eigenvalue weighted by molar-refractivity contribution is 0.101. The second-order valence-corrected chi connectivity index (χ2v) is 3.83. The van der Waals surface area contributed by atoms with E-state index in [-0.39, 0.29) is 5.78 Å². The van der Waals surface area contributed by atoms with E-state index in [9.17, 15) is 4.79 Å². The zero-order valence-corrected chi connectivity index (χ0v) is 9.81. The van der Waals surface area contributed by atoms with Crippen LogP contribution < -0.4 is 4.74 Å². The lowest BCUT2D eigenvalue weighted by Crippen LogP contribution is -1.98. The molecule has 86 valence electrons. The fourth-order valence-corrected chi connectivity index (χ4v) is 1.53. The Labute approximate surface area is 100 Å². The summed E-state index contributed by atoms with van der Waals surface area (Å²) in [6, 6.07) is 11.1. The van der Waals surface area contributed by atoms with Crippen LogP contribution in [0, 0.1) is 6.92 Å². The van der Waals surface area contributed by atoms with Crippen LogP contribution in [0.25, 0.3) is 0 Å². The number of aryl methyl sites for hydroxylation is 1. The van der Waals surface area contributed by atoms with Crippen LogP contribution in [0.4, 0.5) is 0 Å². The Kier molecular flexibility index (Phi) is 3.19. The molecule has 1 aromatic heterocycles. The fraction of sp³-hybridized carbons (Fsp3) is 0.143. The number of rotatable bonds is 3. The summed E-state index contributed by atoms with van der Waals surface area (Å²) in [5.41, 5.74) is 1.59. The summed E-state index contributed by atoms with van der Waals surface area (Å²) in [5.74, 6) is 0.984. The number of carbonyl (C=O) groups is 1. The molecule has 0 saturated carbocycles. The van der Waals surface area contributed by atoms with E-state index in [0.29, 0.717) is 17.2 Å². The molecule has 0 radical (unpaired) electrons. The summed E-state index contributed by atoms with van der Waals surface area (Å²) in [6.45, 7) is 3.48. The van der Waals surface area contributed by atoms with Gasteiger partial charge in [0, 0.05) is 6.20 Å². The highest BCUT2D eigenvalue weighted by atomic mass is 16.5. The van der Waals surface area contributed by atoms with E-state index in [1.165, 1.54) is 6.92 Å². The van der Waals surface area contributed by atoms with E-state index < -0.39 is 0 Å². The molecular formula is C14H13NO2. The predicted molar refractivity (Wildman–Crippen MR) is 65.5 cm³/mol. The first kappa shape index (κ1) is 11.3. The summed E-state index contributed by atoms with van der Waals surface area (Å²) in [5, 5.41) is 0. The van der Waals surface area contributed by atoms with Crippen LogP contribution in [0.3, 0.4) is 0 Å². The van der Waals surface area contributed by atoms with Crippen molar-refractivity contribution < 1.29 is 9.53 Å². The number of hydrogen-bond donors (Lipinski definition) is 0. The molecule has 0 aliphatic carbocycles. The molecule has 0 amide bonds. The van der Waals surface area contributed by atoms with Gasteiger partial charge >= 0.3 is 0 Å². The topological polar surface area (TPSA) is 39.2 Å². The maximum Gasteiger partial charge on any atom is 0.230 e. The van der Waals surface area contributed by atoms with Gasteiger partial charge in [-0.15, -0.1) is 0 Å². The Hall–Kier alpha value is -2.16. The van der Waals surface area contributed by atoms with Crippen molar-refractivity contribution in [3.05, 3.63) is 53.7 Å². The van der Waals surface area contributed by atoms with Gasteiger partial charge in [0.15, 0.2) is 5.78 Å². The SMILES string of the molecule is CC(=O)c1cccnc1Oc1cccc(C)c1. The summed E-state index contributed by atoms with van der Waals surface area (Å²) in [7, 11) is 0. The average molecular weight is 227 g/mol. The van der Waals surface area contributed by atoms with E-state index in [2.05, 4.69) is 4.98 Å². The number of Topliss-reactive ketones (excluding diaryl/α,β-unsaturated/α-hetero) is 1. The minimum absolute atomic E-state index is 0.0549. The third kappa shape index (κ3) is 2.69. The van der Waals surface area contributed by atoms with Crippen molar-refractivity contribution in [2.24, 2.45) is 0 Å². The number of hydrogen-bond acceptors (Lipinski definition) is 3. The van der Waals surface area contributed by atoms with Crippen molar-refractivity contribution >= 4 is 5.78 Å². The van der Waals surface area contributed by atoms with Crippen molar-refractivity contribution in [2.45, 2.75) is 13.8 Å². The number of nitrogens with zero attached hydrogens (tertiary/aromatic N) is 1. The van der Waals surface area contributed by atoms with Crippen molar-refractivity contribution in [2.75, 3.05) is 0 Å². The van der Waals surface area contributed by atoms with Crippen LogP contribution in [-0.4, -0.2) is 10.8 Å². The molecule has 0 bridgehead atoms. The lowest BCUT2D eigenvalue weighted by atomic mass is 10.2. The van der Waals surface area contributed by atoms with Gasteiger partial charge in [0.2, 0.25) is 5.88 Å². The highest BCUT2D eigenvalue weighted by molar-refractivity contribution is 5.96. The van der Waals surface area contributed by atoms with Crippen LogP contribution in [-0.2, 0) is 0 Å². The highest BCUT2D eigenvalue weighted by Crippen LogP contribution is 2.23. The van der Waals surface area contributed by atoms with E-state index in [1.54, 1.807) is 18.3 Å². The lowest BCUT2D eigenvalue weighted by Gasteiger charge is -2.08. The Balaban J connectivity index is 2.33. The van der Waals surface area contributed by atoms with Crippen LogP contribution in [0.1, 0.15) is 22.8 Å². The molecule has 3 nitrogen and oxygen atoms in total. The first-order valence-electron chi connectivity index (χ1n) is 5.37. The van der Waals surface area contributed by atoms with Gasteiger partial charge in [-0.2, -0.15) is 0 Å². The van der Waals surface area contributed by atoms with Crippen molar-refractivity contribution in [3.8, 4) is 11.6 Å². The summed E-state index contributed by atoms with van der Waals surface area (Å²) < 4.78 is 5.62. The van der Waals surface area contributed by atoms with E-state index in [1.807, 2.05) is 31.2 Å². The average Bonchev–Trinajstić information content (AvgIpc) is 2.29. The monoisotopic (exact) mass is 227 g/mol. The fourth-order valence-electron chi connectivity index (χ4n) is 1.53.